The Morgan fingerprint density at radius 2 is 2.10 bits per heavy atom. The van der Waals surface area contributed by atoms with Crippen molar-refractivity contribution in [3.05, 3.63) is 28.3 Å². The molecule has 1 fully saturated rings. The number of hydrogen-bond donors (Lipinski definition) is 0. The molecule has 0 amide bonds. The second kappa shape index (κ2) is 5.40. The third-order valence-electron chi connectivity index (χ3n) is 3.57. The van der Waals surface area contributed by atoms with Crippen LogP contribution in [0.3, 0.4) is 0 Å². The second-order valence-corrected chi connectivity index (χ2v) is 7.39. The summed E-state index contributed by atoms with van der Waals surface area (Å²) in [5.41, 5.74) is 0.371. The molecule has 1 unspecified atom stereocenters. The number of hydrogen-bond acceptors (Lipinski definition) is 5. The first kappa shape index (κ1) is 14.8. The molecule has 6 nitrogen and oxygen atoms in total. The van der Waals surface area contributed by atoms with E-state index in [4.69, 9.17) is 0 Å². The molecule has 1 atom stereocenters. The summed E-state index contributed by atoms with van der Waals surface area (Å²) in [6, 6.07) is 4.15. The minimum atomic E-state index is -3.44. The molecule has 0 aliphatic carbocycles. The van der Waals surface area contributed by atoms with Gasteiger partial charge < -0.3 is 4.90 Å². The maximum Gasteiger partial charge on any atom is 0.293 e. The van der Waals surface area contributed by atoms with E-state index in [0.717, 1.165) is 38.3 Å². The minimum absolute atomic E-state index is 0.0157. The van der Waals surface area contributed by atoms with Crippen LogP contribution in [0.1, 0.15) is 19.8 Å². The van der Waals surface area contributed by atoms with Crippen molar-refractivity contribution in [2.45, 2.75) is 24.7 Å². The Bertz CT molecular complexity index is 627. The number of piperidine rings is 1. The second-order valence-electron chi connectivity index (χ2n) is 5.37. The fraction of sp³-hybridized carbons (Fsp3) is 0.538. The van der Waals surface area contributed by atoms with E-state index in [9.17, 15) is 18.5 Å². The number of nitro benzene ring substituents is 1. The van der Waals surface area contributed by atoms with Crippen LogP contribution in [0.2, 0.25) is 0 Å². The number of rotatable bonds is 3. The van der Waals surface area contributed by atoms with Crippen LogP contribution in [-0.2, 0) is 9.84 Å². The predicted octanol–water partition coefficient (Wildman–Crippen LogP) is 2.23. The van der Waals surface area contributed by atoms with Crippen molar-refractivity contribution in [1.82, 2.24) is 0 Å². The van der Waals surface area contributed by atoms with Crippen molar-refractivity contribution in [3.63, 3.8) is 0 Å². The first-order valence-corrected chi connectivity index (χ1v) is 8.41. The van der Waals surface area contributed by atoms with E-state index in [-0.39, 0.29) is 10.6 Å². The van der Waals surface area contributed by atoms with Gasteiger partial charge in [-0.15, -0.1) is 0 Å². The standard InChI is InChI=1S/C13H18N2O4S/c1-10-4-3-7-14(9-10)12-6-5-11(20(2,18)19)8-13(12)15(16)17/h5-6,8,10H,3-4,7,9H2,1-2H3. The summed E-state index contributed by atoms with van der Waals surface area (Å²) < 4.78 is 23.0. The van der Waals surface area contributed by atoms with Gasteiger partial charge in [0.25, 0.3) is 5.69 Å². The van der Waals surface area contributed by atoms with Crippen LogP contribution >= 0.6 is 0 Å². The zero-order valence-electron chi connectivity index (χ0n) is 11.6. The third kappa shape index (κ3) is 3.09. The maximum absolute atomic E-state index is 11.5. The SMILES string of the molecule is CC1CCCN(c2ccc(S(C)(=O)=O)cc2[N+](=O)[O-])C1. The topological polar surface area (TPSA) is 80.5 Å². The van der Waals surface area contributed by atoms with Gasteiger partial charge in [-0.05, 0) is 30.9 Å². The van der Waals surface area contributed by atoms with Crippen molar-refractivity contribution < 1.29 is 13.3 Å². The highest BCUT2D eigenvalue weighted by atomic mass is 32.2. The van der Waals surface area contributed by atoms with Crippen molar-refractivity contribution >= 4 is 21.2 Å². The summed E-state index contributed by atoms with van der Waals surface area (Å²) in [6.07, 6.45) is 3.16. The van der Waals surface area contributed by atoms with Gasteiger partial charge in [0, 0.05) is 25.4 Å². The fourth-order valence-corrected chi connectivity index (χ4v) is 3.20. The summed E-state index contributed by atoms with van der Waals surface area (Å²) >= 11 is 0. The van der Waals surface area contributed by atoms with Crippen molar-refractivity contribution in [2.75, 3.05) is 24.2 Å². The molecule has 1 aliphatic rings. The van der Waals surface area contributed by atoms with Crippen LogP contribution in [0.25, 0.3) is 0 Å². The van der Waals surface area contributed by atoms with E-state index in [1.54, 1.807) is 6.07 Å². The van der Waals surface area contributed by atoms with Crippen LogP contribution in [0, 0.1) is 16.0 Å². The minimum Gasteiger partial charge on any atom is -0.366 e. The molecular weight excluding hydrogens is 280 g/mol. The van der Waals surface area contributed by atoms with E-state index in [1.807, 2.05) is 4.90 Å². The normalized spacial score (nSPS) is 19.9. The molecule has 20 heavy (non-hydrogen) atoms. The fourth-order valence-electron chi connectivity index (χ4n) is 2.56. The lowest BCUT2D eigenvalue weighted by Crippen LogP contribution is -2.34. The largest absolute Gasteiger partial charge is 0.366 e. The smallest absolute Gasteiger partial charge is 0.293 e. The van der Waals surface area contributed by atoms with E-state index < -0.39 is 14.8 Å². The molecule has 1 aromatic carbocycles. The zero-order valence-corrected chi connectivity index (χ0v) is 12.4. The Labute approximate surface area is 118 Å². The molecule has 0 spiro atoms. The molecule has 1 saturated heterocycles. The molecule has 0 N–H and O–H groups in total. The van der Waals surface area contributed by atoms with E-state index in [1.165, 1.54) is 6.07 Å². The molecule has 110 valence electrons. The Kier molecular flexibility index (Phi) is 3.99. The van der Waals surface area contributed by atoms with Crippen LogP contribution in [0.5, 0.6) is 0 Å². The van der Waals surface area contributed by atoms with Gasteiger partial charge in [0.2, 0.25) is 0 Å². The Balaban J connectivity index is 2.45. The monoisotopic (exact) mass is 298 g/mol. The molecule has 1 aromatic rings. The van der Waals surface area contributed by atoms with Gasteiger partial charge in [0.05, 0.1) is 9.82 Å². The Morgan fingerprint density at radius 3 is 2.65 bits per heavy atom. The van der Waals surface area contributed by atoms with Crippen molar-refractivity contribution in [2.24, 2.45) is 5.92 Å². The van der Waals surface area contributed by atoms with Crippen LogP contribution < -0.4 is 4.90 Å². The molecule has 0 radical (unpaired) electrons. The third-order valence-corrected chi connectivity index (χ3v) is 4.68. The van der Waals surface area contributed by atoms with Gasteiger partial charge in [-0.1, -0.05) is 6.92 Å². The summed E-state index contributed by atoms with van der Waals surface area (Å²) in [5, 5.41) is 11.2. The number of nitro groups is 1. The van der Waals surface area contributed by atoms with Crippen molar-refractivity contribution in [3.8, 4) is 0 Å². The molecule has 0 bridgehead atoms. The van der Waals surface area contributed by atoms with Gasteiger partial charge in [-0.3, -0.25) is 10.1 Å². The van der Waals surface area contributed by atoms with Crippen LogP contribution in [-0.4, -0.2) is 32.7 Å². The molecule has 1 aliphatic heterocycles. The lowest BCUT2D eigenvalue weighted by molar-refractivity contribution is -0.384. The van der Waals surface area contributed by atoms with Gasteiger partial charge in [-0.2, -0.15) is 0 Å². The molecule has 2 rings (SSSR count). The zero-order chi connectivity index (χ0) is 14.9. The number of benzene rings is 1. The van der Waals surface area contributed by atoms with E-state index in [0.29, 0.717) is 11.6 Å². The molecule has 7 heteroatoms. The summed E-state index contributed by atoms with van der Waals surface area (Å²) in [7, 11) is -3.44. The van der Waals surface area contributed by atoms with E-state index >= 15 is 0 Å². The Morgan fingerprint density at radius 1 is 1.40 bits per heavy atom. The summed E-state index contributed by atoms with van der Waals surface area (Å²) in [5.74, 6) is 0.484. The maximum atomic E-state index is 11.5. The quantitative estimate of drug-likeness (QED) is 0.631. The van der Waals surface area contributed by atoms with Gasteiger partial charge in [0.1, 0.15) is 5.69 Å². The summed E-state index contributed by atoms with van der Waals surface area (Å²) in [6.45, 7) is 3.64. The molecule has 0 saturated carbocycles. The van der Waals surface area contributed by atoms with Gasteiger partial charge >= 0.3 is 0 Å². The molecule has 1 heterocycles. The van der Waals surface area contributed by atoms with Crippen molar-refractivity contribution in [1.29, 1.82) is 0 Å². The highest BCUT2D eigenvalue weighted by molar-refractivity contribution is 7.90. The van der Waals surface area contributed by atoms with Crippen LogP contribution in [0.15, 0.2) is 23.1 Å². The first-order chi connectivity index (χ1) is 9.29. The highest BCUT2D eigenvalue weighted by Gasteiger charge is 2.25. The predicted molar refractivity (Wildman–Crippen MR) is 76.8 cm³/mol. The first-order valence-electron chi connectivity index (χ1n) is 6.52. The summed E-state index contributed by atoms with van der Waals surface area (Å²) in [4.78, 5) is 12.7. The van der Waals surface area contributed by atoms with E-state index in [2.05, 4.69) is 6.92 Å². The highest BCUT2D eigenvalue weighted by Crippen LogP contribution is 2.33. The average molecular weight is 298 g/mol. The lowest BCUT2D eigenvalue weighted by Gasteiger charge is -2.32. The number of nitrogens with zero attached hydrogens (tertiary/aromatic N) is 2. The molecule has 0 aromatic heterocycles. The lowest BCUT2D eigenvalue weighted by atomic mass is 9.99. The van der Waals surface area contributed by atoms with Gasteiger partial charge in [0.15, 0.2) is 9.84 Å². The Hall–Kier alpha value is -1.63. The molecular formula is C13H18N2O4S. The number of anilines is 1. The number of sulfone groups is 1. The average Bonchev–Trinajstić information content (AvgIpc) is 2.37. The van der Waals surface area contributed by atoms with Gasteiger partial charge in [-0.25, -0.2) is 8.42 Å². The van der Waals surface area contributed by atoms with Crippen LogP contribution in [0.4, 0.5) is 11.4 Å².